The van der Waals surface area contributed by atoms with E-state index >= 15 is 0 Å². The highest BCUT2D eigenvalue weighted by Gasteiger charge is 2.26. The number of primary amides is 1. The topological polar surface area (TPSA) is 128 Å². The van der Waals surface area contributed by atoms with Crippen LogP contribution in [0.1, 0.15) is 18.4 Å². The number of amides is 2. The van der Waals surface area contributed by atoms with Crippen molar-refractivity contribution in [1.82, 2.24) is 10.0 Å². The lowest BCUT2D eigenvalue weighted by Gasteiger charge is -2.19. The van der Waals surface area contributed by atoms with E-state index in [1.54, 1.807) is 36.4 Å². The molecule has 0 fully saturated rings. The number of methoxy groups -OCH3 is 1. The van der Waals surface area contributed by atoms with E-state index in [1.807, 2.05) is 18.2 Å². The summed E-state index contributed by atoms with van der Waals surface area (Å²) in [5.41, 5.74) is 5.95. The summed E-state index contributed by atoms with van der Waals surface area (Å²) in [5, 5.41) is 4.35. The molecule has 3 aromatic rings. The Balaban J connectivity index is 1.78. The summed E-state index contributed by atoms with van der Waals surface area (Å²) < 4.78 is 33.6. The summed E-state index contributed by atoms with van der Waals surface area (Å²) in [4.78, 5) is 24.1. The van der Waals surface area contributed by atoms with Crippen LogP contribution in [0.4, 0.5) is 0 Å². The second kappa shape index (κ2) is 10.3. The number of rotatable bonds is 10. The smallest absolute Gasteiger partial charge is 0.241 e. The molecule has 0 saturated heterocycles. The van der Waals surface area contributed by atoms with E-state index in [0.29, 0.717) is 5.75 Å². The van der Waals surface area contributed by atoms with Gasteiger partial charge in [-0.1, -0.05) is 48.5 Å². The fraction of sp³-hybridized carbons (Fsp3) is 0.217. The summed E-state index contributed by atoms with van der Waals surface area (Å²) >= 11 is 0. The summed E-state index contributed by atoms with van der Waals surface area (Å²) in [7, 11) is -2.51. The van der Waals surface area contributed by atoms with E-state index in [2.05, 4.69) is 10.0 Å². The predicted molar refractivity (Wildman–Crippen MR) is 121 cm³/mol. The highest BCUT2D eigenvalue weighted by molar-refractivity contribution is 7.89. The van der Waals surface area contributed by atoms with Crippen molar-refractivity contribution in [3.05, 3.63) is 72.3 Å². The van der Waals surface area contributed by atoms with Crippen LogP contribution in [0.2, 0.25) is 0 Å². The Morgan fingerprint density at radius 2 is 1.69 bits per heavy atom. The highest BCUT2D eigenvalue weighted by Crippen LogP contribution is 2.20. The van der Waals surface area contributed by atoms with E-state index in [4.69, 9.17) is 10.5 Å². The van der Waals surface area contributed by atoms with Crippen molar-refractivity contribution in [2.45, 2.75) is 30.3 Å². The Morgan fingerprint density at radius 1 is 1.00 bits per heavy atom. The Morgan fingerprint density at radius 3 is 2.41 bits per heavy atom. The maximum absolute atomic E-state index is 13.0. The lowest BCUT2D eigenvalue weighted by molar-refractivity contribution is -0.123. The Hall–Kier alpha value is -3.43. The van der Waals surface area contributed by atoms with Gasteiger partial charge in [0.1, 0.15) is 11.8 Å². The van der Waals surface area contributed by atoms with E-state index in [-0.39, 0.29) is 24.3 Å². The molecule has 0 aliphatic rings. The standard InChI is InChI=1S/C23H25N3O5S/c1-31-21-9-5-4-8-18(21)15-25-23(28)20(12-13-22(24)27)26-32(29,30)19-11-10-16-6-2-3-7-17(16)14-19/h2-11,14,20,26H,12-13,15H2,1H3,(H2,24,27)(H,25,28)/t20-/m1/s1. The number of hydrogen-bond donors (Lipinski definition) is 3. The van der Waals surface area contributed by atoms with Crippen LogP contribution in [0.3, 0.4) is 0 Å². The van der Waals surface area contributed by atoms with Gasteiger partial charge in [0.15, 0.2) is 0 Å². The summed E-state index contributed by atoms with van der Waals surface area (Å²) in [5.74, 6) is -0.600. The van der Waals surface area contributed by atoms with Crippen LogP contribution in [0.25, 0.3) is 10.8 Å². The molecule has 0 radical (unpaired) electrons. The number of benzene rings is 3. The van der Waals surface area contributed by atoms with Crippen LogP contribution < -0.4 is 20.5 Å². The molecule has 0 bridgehead atoms. The normalized spacial score (nSPS) is 12.3. The molecule has 4 N–H and O–H groups in total. The van der Waals surface area contributed by atoms with Gasteiger partial charge in [0.2, 0.25) is 21.8 Å². The molecule has 0 unspecified atom stereocenters. The minimum absolute atomic E-state index is 0.0257. The Labute approximate surface area is 186 Å². The van der Waals surface area contributed by atoms with E-state index in [1.165, 1.54) is 19.2 Å². The third kappa shape index (κ3) is 5.83. The molecule has 8 nitrogen and oxygen atoms in total. The fourth-order valence-electron chi connectivity index (χ4n) is 3.27. The fourth-order valence-corrected chi connectivity index (χ4v) is 4.54. The van der Waals surface area contributed by atoms with Gasteiger partial charge < -0.3 is 15.8 Å². The summed E-state index contributed by atoms with van der Waals surface area (Å²) in [6.45, 7) is 0.133. The molecule has 0 aromatic heterocycles. The van der Waals surface area contributed by atoms with Gasteiger partial charge in [-0.05, 0) is 35.4 Å². The zero-order chi connectivity index (χ0) is 23.1. The lowest BCUT2D eigenvalue weighted by Crippen LogP contribution is -2.46. The number of ether oxygens (including phenoxy) is 1. The van der Waals surface area contributed by atoms with Crippen molar-refractivity contribution in [3.8, 4) is 5.75 Å². The van der Waals surface area contributed by atoms with Crippen molar-refractivity contribution in [3.63, 3.8) is 0 Å². The molecule has 2 amide bonds. The first kappa shape index (κ1) is 23.2. The first-order valence-electron chi connectivity index (χ1n) is 9.99. The number of carbonyl (C=O) groups excluding carboxylic acids is 2. The maximum atomic E-state index is 13.0. The molecule has 0 spiro atoms. The number of carbonyl (C=O) groups is 2. The van der Waals surface area contributed by atoms with Crippen molar-refractivity contribution in [1.29, 1.82) is 0 Å². The minimum Gasteiger partial charge on any atom is -0.496 e. The molecule has 0 aliphatic heterocycles. The molecule has 168 valence electrons. The molecular formula is C23H25N3O5S. The molecule has 32 heavy (non-hydrogen) atoms. The number of sulfonamides is 1. The number of para-hydroxylation sites is 1. The third-order valence-electron chi connectivity index (χ3n) is 4.97. The van der Waals surface area contributed by atoms with Gasteiger partial charge in [0, 0.05) is 18.5 Å². The van der Waals surface area contributed by atoms with Crippen molar-refractivity contribution < 1.29 is 22.7 Å². The van der Waals surface area contributed by atoms with Crippen LogP contribution in [0.5, 0.6) is 5.75 Å². The van der Waals surface area contributed by atoms with Gasteiger partial charge in [-0.25, -0.2) is 8.42 Å². The maximum Gasteiger partial charge on any atom is 0.241 e. The first-order chi connectivity index (χ1) is 15.3. The van der Waals surface area contributed by atoms with Gasteiger partial charge in [-0.15, -0.1) is 0 Å². The average Bonchev–Trinajstić information content (AvgIpc) is 2.79. The van der Waals surface area contributed by atoms with Crippen molar-refractivity contribution in [2.24, 2.45) is 5.73 Å². The molecule has 0 saturated carbocycles. The number of fused-ring (bicyclic) bond motifs is 1. The average molecular weight is 456 g/mol. The SMILES string of the molecule is COc1ccccc1CNC(=O)[C@@H](CCC(N)=O)NS(=O)(=O)c1ccc2ccccc2c1. The van der Waals surface area contributed by atoms with Crippen LogP contribution in [0.15, 0.2) is 71.6 Å². The summed E-state index contributed by atoms with van der Waals surface area (Å²) in [6.07, 6.45) is -0.215. The molecule has 1 atom stereocenters. The molecule has 3 rings (SSSR count). The van der Waals surface area contributed by atoms with Gasteiger partial charge in [0.05, 0.1) is 12.0 Å². The van der Waals surface area contributed by atoms with Gasteiger partial charge in [0.25, 0.3) is 0 Å². The zero-order valence-corrected chi connectivity index (χ0v) is 18.4. The quantitative estimate of drug-likeness (QED) is 0.431. The van der Waals surface area contributed by atoms with E-state index in [0.717, 1.165) is 16.3 Å². The second-order valence-corrected chi connectivity index (χ2v) is 8.93. The van der Waals surface area contributed by atoms with Gasteiger partial charge >= 0.3 is 0 Å². The second-order valence-electron chi connectivity index (χ2n) is 7.22. The van der Waals surface area contributed by atoms with E-state index < -0.39 is 27.9 Å². The van der Waals surface area contributed by atoms with Crippen LogP contribution >= 0.6 is 0 Å². The lowest BCUT2D eigenvalue weighted by atomic mass is 10.1. The molecular weight excluding hydrogens is 430 g/mol. The highest BCUT2D eigenvalue weighted by atomic mass is 32.2. The predicted octanol–water partition coefficient (Wildman–Crippen LogP) is 2.08. The monoisotopic (exact) mass is 455 g/mol. The molecule has 3 aromatic carbocycles. The molecule has 0 heterocycles. The zero-order valence-electron chi connectivity index (χ0n) is 17.6. The molecule has 9 heteroatoms. The summed E-state index contributed by atoms with van der Waals surface area (Å²) in [6, 6.07) is 18.0. The number of hydrogen-bond acceptors (Lipinski definition) is 5. The van der Waals surface area contributed by atoms with Crippen LogP contribution in [-0.2, 0) is 26.2 Å². The van der Waals surface area contributed by atoms with Crippen LogP contribution in [0, 0.1) is 0 Å². The minimum atomic E-state index is -4.03. The largest absolute Gasteiger partial charge is 0.496 e. The molecule has 0 aliphatic carbocycles. The number of nitrogens with two attached hydrogens (primary N) is 1. The Kier molecular flexibility index (Phi) is 7.45. The van der Waals surface area contributed by atoms with Crippen molar-refractivity contribution >= 4 is 32.6 Å². The Bertz CT molecular complexity index is 1230. The third-order valence-corrected chi connectivity index (χ3v) is 6.44. The van der Waals surface area contributed by atoms with E-state index in [9.17, 15) is 18.0 Å². The van der Waals surface area contributed by atoms with Crippen LogP contribution in [-0.4, -0.2) is 33.4 Å². The van der Waals surface area contributed by atoms with Gasteiger partial charge in [-0.2, -0.15) is 4.72 Å². The van der Waals surface area contributed by atoms with Gasteiger partial charge in [-0.3, -0.25) is 9.59 Å². The van der Waals surface area contributed by atoms with Crippen molar-refractivity contribution in [2.75, 3.05) is 7.11 Å². The first-order valence-corrected chi connectivity index (χ1v) is 11.5. The number of nitrogens with one attached hydrogen (secondary N) is 2.